The van der Waals surface area contributed by atoms with E-state index in [2.05, 4.69) is 151 Å². The van der Waals surface area contributed by atoms with Gasteiger partial charge >= 0.3 is 0 Å². The molecule has 226 valence electrons. The van der Waals surface area contributed by atoms with E-state index in [1.165, 1.54) is 46.9 Å². The molecule has 48 heavy (non-hydrogen) atoms. The van der Waals surface area contributed by atoms with Gasteiger partial charge in [-0.05, 0) is 52.6 Å². The quantitative estimate of drug-likeness (QED) is 0.187. The standard InChI is InChI=1S/C43H27N3S2/c1-26-13-3-2-4-17-31-30-16-7-10-20-34(30)46(40(31)41-37(26)32-18-8-11-21-35(32)47-41)43-44-38(29-24-23-27-14-5-6-15-28(27)25-29)42-39(45-43)33-19-9-12-22-36(33)48-42/h2-16,18-25H,1,17H2/b4-2-,13-3-. The molecule has 9 aromatic rings. The van der Waals surface area contributed by atoms with E-state index in [9.17, 15) is 0 Å². The summed E-state index contributed by atoms with van der Waals surface area (Å²) in [5, 5.41) is 5.99. The Morgan fingerprint density at radius 2 is 1.40 bits per heavy atom. The fourth-order valence-corrected chi connectivity index (χ4v) is 9.68. The molecule has 1 aliphatic rings. The molecule has 4 heterocycles. The third-order valence-corrected chi connectivity index (χ3v) is 11.8. The molecule has 0 unspecified atom stereocenters. The molecule has 0 saturated carbocycles. The number of allylic oxidation sites excluding steroid dienone is 5. The van der Waals surface area contributed by atoms with E-state index in [1.807, 2.05) is 11.3 Å². The van der Waals surface area contributed by atoms with Gasteiger partial charge < -0.3 is 0 Å². The second-order valence-corrected chi connectivity index (χ2v) is 14.3. The number of fused-ring (bicyclic) bond motifs is 11. The number of rotatable bonds is 2. The number of aromatic nitrogens is 3. The van der Waals surface area contributed by atoms with Gasteiger partial charge in [0, 0.05) is 36.7 Å². The van der Waals surface area contributed by atoms with E-state index in [1.54, 1.807) is 11.3 Å². The molecule has 0 aliphatic heterocycles. The van der Waals surface area contributed by atoms with Crippen LogP contribution in [0.3, 0.4) is 0 Å². The summed E-state index contributed by atoms with van der Waals surface area (Å²) in [5.41, 5.74) is 8.70. The predicted octanol–water partition coefficient (Wildman–Crippen LogP) is 12.2. The van der Waals surface area contributed by atoms with Crippen molar-refractivity contribution in [2.45, 2.75) is 6.42 Å². The first-order valence-electron chi connectivity index (χ1n) is 16.1. The molecule has 0 radical (unpaired) electrons. The van der Waals surface area contributed by atoms with Gasteiger partial charge in [0.1, 0.15) is 0 Å². The van der Waals surface area contributed by atoms with Crippen molar-refractivity contribution in [1.82, 2.24) is 14.5 Å². The van der Waals surface area contributed by atoms with Crippen molar-refractivity contribution in [2.24, 2.45) is 0 Å². The van der Waals surface area contributed by atoms with Crippen LogP contribution in [0.4, 0.5) is 0 Å². The van der Waals surface area contributed by atoms with Crippen LogP contribution in [0, 0.1) is 0 Å². The zero-order valence-electron chi connectivity index (χ0n) is 25.9. The van der Waals surface area contributed by atoms with Crippen molar-refractivity contribution >= 4 is 80.3 Å². The lowest BCUT2D eigenvalue weighted by Crippen LogP contribution is -2.05. The zero-order chi connectivity index (χ0) is 31.8. The average Bonchev–Trinajstić information content (AvgIpc) is 3.80. The topological polar surface area (TPSA) is 30.7 Å². The van der Waals surface area contributed by atoms with Gasteiger partial charge in [0.2, 0.25) is 5.95 Å². The summed E-state index contributed by atoms with van der Waals surface area (Å²) in [6.45, 7) is 4.57. The molecule has 0 spiro atoms. The van der Waals surface area contributed by atoms with Crippen LogP contribution in [-0.4, -0.2) is 14.5 Å². The Bertz CT molecular complexity index is 2840. The third kappa shape index (κ3) is 4.11. The normalized spacial score (nSPS) is 14.5. The highest BCUT2D eigenvalue weighted by molar-refractivity contribution is 7.26. The Balaban J connectivity index is 1.36. The number of benzene rings is 5. The molecule has 5 aromatic carbocycles. The van der Waals surface area contributed by atoms with Gasteiger partial charge in [0.15, 0.2) is 0 Å². The summed E-state index contributed by atoms with van der Waals surface area (Å²) in [6, 6.07) is 41.2. The molecule has 4 aromatic heterocycles. The van der Waals surface area contributed by atoms with Crippen LogP contribution in [0.1, 0.15) is 11.1 Å². The molecule has 0 saturated heterocycles. The molecule has 0 fully saturated rings. The predicted molar refractivity (Wildman–Crippen MR) is 207 cm³/mol. The van der Waals surface area contributed by atoms with Crippen molar-refractivity contribution in [3.8, 4) is 27.8 Å². The Kier molecular flexibility index (Phi) is 6.13. The highest BCUT2D eigenvalue weighted by Gasteiger charge is 2.27. The molecular formula is C43H27N3S2. The van der Waals surface area contributed by atoms with Gasteiger partial charge in [0.25, 0.3) is 0 Å². The first kappa shape index (κ1) is 27.5. The second-order valence-electron chi connectivity index (χ2n) is 12.2. The Hall–Kier alpha value is -5.62. The molecule has 0 N–H and O–H groups in total. The number of para-hydroxylation sites is 1. The number of nitrogens with zero attached hydrogens (tertiary/aromatic N) is 3. The number of hydrogen-bond donors (Lipinski definition) is 0. The van der Waals surface area contributed by atoms with Gasteiger partial charge in [-0.1, -0.05) is 122 Å². The molecule has 10 rings (SSSR count). The van der Waals surface area contributed by atoms with E-state index >= 15 is 0 Å². The lowest BCUT2D eigenvalue weighted by molar-refractivity contribution is 0.989. The van der Waals surface area contributed by atoms with Crippen LogP contribution >= 0.6 is 22.7 Å². The molecular weight excluding hydrogens is 623 g/mol. The third-order valence-electron chi connectivity index (χ3n) is 9.41. The van der Waals surface area contributed by atoms with Crippen molar-refractivity contribution < 1.29 is 0 Å². The van der Waals surface area contributed by atoms with Crippen molar-refractivity contribution in [3.63, 3.8) is 0 Å². The van der Waals surface area contributed by atoms with Gasteiger partial charge in [-0.15, -0.1) is 22.7 Å². The van der Waals surface area contributed by atoms with Crippen molar-refractivity contribution in [3.05, 3.63) is 157 Å². The van der Waals surface area contributed by atoms with Crippen molar-refractivity contribution in [2.75, 3.05) is 0 Å². The fourth-order valence-electron chi connectivity index (χ4n) is 7.22. The Morgan fingerprint density at radius 3 is 2.27 bits per heavy atom. The first-order chi connectivity index (χ1) is 23.7. The van der Waals surface area contributed by atoms with Gasteiger partial charge in [-0.25, -0.2) is 9.97 Å². The van der Waals surface area contributed by atoms with Crippen LogP contribution in [-0.2, 0) is 6.42 Å². The van der Waals surface area contributed by atoms with Crippen LogP contribution in [0.2, 0.25) is 0 Å². The van der Waals surface area contributed by atoms with Gasteiger partial charge in [-0.3, -0.25) is 4.57 Å². The lowest BCUT2D eigenvalue weighted by atomic mass is 9.97. The van der Waals surface area contributed by atoms with E-state index in [4.69, 9.17) is 9.97 Å². The molecule has 1 aliphatic carbocycles. The SMILES string of the molecule is C=C1/C=C\C=C/Cc2c(n(-c3nc(-c4ccc5ccccc5c4)c4sc5ccccc5c4n3)c3ccccc23)-c2sc3ccccc3c21. The van der Waals surface area contributed by atoms with E-state index in [0.29, 0.717) is 5.95 Å². The minimum atomic E-state index is 0.678. The second kappa shape index (κ2) is 10.7. The highest BCUT2D eigenvalue weighted by Crippen LogP contribution is 2.48. The maximum Gasteiger partial charge on any atom is 0.235 e. The lowest BCUT2D eigenvalue weighted by Gasteiger charge is -2.14. The number of hydrogen-bond acceptors (Lipinski definition) is 4. The first-order valence-corrected chi connectivity index (χ1v) is 17.7. The molecule has 3 nitrogen and oxygen atoms in total. The van der Waals surface area contributed by atoms with E-state index in [-0.39, 0.29) is 0 Å². The van der Waals surface area contributed by atoms with Crippen LogP contribution in [0.15, 0.2) is 146 Å². The summed E-state index contributed by atoms with van der Waals surface area (Å²) in [7, 11) is 0. The van der Waals surface area contributed by atoms with Crippen LogP contribution < -0.4 is 0 Å². The van der Waals surface area contributed by atoms with Crippen molar-refractivity contribution in [1.29, 1.82) is 0 Å². The molecule has 0 bridgehead atoms. The van der Waals surface area contributed by atoms with Gasteiger partial charge in [0.05, 0.1) is 32.0 Å². The van der Waals surface area contributed by atoms with Crippen LogP contribution in [0.25, 0.3) is 85.4 Å². The molecule has 5 heteroatoms. The Labute approximate surface area is 285 Å². The average molecular weight is 650 g/mol. The summed E-state index contributed by atoms with van der Waals surface area (Å²) in [5.74, 6) is 0.678. The summed E-state index contributed by atoms with van der Waals surface area (Å²) < 4.78 is 5.87. The van der Waals surface area contributed by atoms with Gasteiger partial charge in [-0.2, -0.15) is 0 Å². The maximum atomic E-state index is 5.53. The monoisotopic (exact) mass is 649 g/mol. The Morgan fingerprint density at radius 1 is 0.667 bits per heavy atom. The van der Waals surface area contributed by atoms with E-state index < -0.39 is 0 Å². The fraction of sp³-hybridized carbons (Fsp3) is 0.0233. The number of thiophene rings is 2. The minimum absolute atomic E-state index is 0.678. The van der Waals surface area contributed by atoms with E-state index in [0.717, 1.165) is 50.1 Å². The van der Waals surface area contributed by atoms with Crippen LogP contribution in [0.5, 0.6) is 0 Å². The maximum absolute atomic E-state index is 5.53. The summed E-state index contributed by atoms with van der Waals surface area (Å²) in [6.07, 6.45) is 9.41. The smallest absolute Gasteiger partial charge is 0.235 e. The minimum Gasteiger partial charge on any atom is -0.277 e. The zero-order valence-corrected chi connectivity index (χ0v) is 27.5. The largest absolute Gasteiger partial charge is 0.277 e. The molecule has 0 amide bonds. The molecule has 0 atom stereocenters. The highest BCUT2D eigenvalue weighted by atomic mass is 32.1. The summed E-state index contributed by atoms with van der Waals surface area (Å²) >= 11 is 3.59. The summed E-state index contributed by atoms with van der Waals surface area (Å²) in [4.78, 5) is 12.2.